The van der Waals surface area contributed by atoms with Crippen LogP contribution in [0.4, 0.5) is 0 Å². The smallest absolute Gasteiger partial charge is 0.335 e. The molecule has 0 unspecified atom stereocenters. The van der Waals surface area contributed by atoms with Gasteiger partial charge >= 0.3 is 5.97 Å². The number of aromatic nitrogens is 1. The number of rotatable bonds is 5. The molecule has 0 spiro atoms. The van der Waals surface area contributed by atoms with E-state index in [0.717, 1.165) is 31.7 Å². The molecule has 1 aromatic carbocycles. The van der Waals surface area contributed by atoms with Crippen molar-refractivity contribution >= 4 is 5.97 Å². The van der Waals surface area contributed by atoms with Crippen LogP contribution in [0.5, 0.6) is 0 Å². The fourth-order valence-corrected chi connectivity index (χ4v) is 3.06. The minimum atomic E-state index is -0.867. The largest absolute Gasteiger partial charge is 0.478 e. The van der Waals surface area contributed by atoms with Gasteiger partial charge in [-0.05, 0) is 55.1 Å². The van der Waals surface area contributed by atoms with Gasteiger partial charge in [0.25, 0.3) is 0 Å². The number of hydrogen-bond acceptors (Lipinski definition) is 3. The highest BCUT2D eigenvalue weighted by Gasteiger charge is 2.22. The molecule has 1 saturated heterocycles. The second-order valence-electron chi connectivity index (χ2n) is 5.92. The van der Waals surface area contributed by atoms with Gasteiger partial charge in [0.05, 0.1) is 11.3 Å². The summed E-state index contributed by atoms with van der Waals surface area (Å²) in [5, 5.41) is 8.92. The van der Waals surface area contributed by atoms with E-state index in [0.29, 0.717) is 11.5 Å². The Morgan fingerprint density at radius 2 is 2.05 bits per heavy atom. The third-order valence-electron chi connectivity index (χ3n) is 4.21. The summed E-state index contributed by atoms with van der Waals surface area (Å²) in [7, 11) is 0. The predicted octanol–water partition coefficient (Wildman–Crippen LogP) is 2.84. The van der Waals surface area contributed by atoms with Crippen LogP contribution in [-0.2, 0) is 13.0 Å². The lowest BCUT2D eigenvalue weighted by Crippen LogP contribution is -2.21. The van der Waals surface area contributed by atoms with Gasteiger partial charge in [0, 0.05) is 19.3 Å². The molecule has 2 aromatic rings. The van der Waals surface area contributed by atoms with E-state index >= 15 is 0 Å². The van der Waals surface area contributed by atoms with Crippen molar-refractivity contribution in [2.24, 2.45) is 5.92 Å². The SMILES string of the molecule is O=C(O)c1ccc(C[C@@H]2CCN(Cc3ccccn3)C2)cc1. The highest BCUT2D eigenvalue weighted by Crippen LogP contribution is 2.22. The van der Waals surface area contributed by atoms with E-state index in [2.05, 4.69) is 16.0 Å². The van der Waals surface area contributed by atoms with Crippen molar-refractivity contribution < 1.29 is 9.90 Å². The van der Waals surface area contributed by atoms with E-state index < -0.39 is 5.97 Å². The fraction of sp³-hybridized carbons (Fsp3) is 0.333. The average molecular weight is 296 g/mol. The Balaban J connectivity index is 1.53. The van der Waals surface area contributed by atoms with E-state index in [1.54, 1.807) is 12.1 Å². The molecule has 0 saturated carbocycles. The third-order valence-corrected chi connectivity index (χ3v) is 4.21. The van der Waals surface area contributed by atoms with Crippen LogP contribution in [-0.4, -0.2) is 34.0 Å². The summed E-state index contributed by atoms with van der Waals surface area (Å²) in [6, 6.07) is 13.3. The van der Waals surface area contributed by atoms with Crippen molar-refractivity contribution in [2.75, 3.05) is 13.1 Å². The second-order valence-corrected chi connectivity index (χ2v) is 5.92. The van der Waals surface area contributed by atoms with Gasteiger partial charge in [0.2, 0.25) is 0 Å². The number of carboxylic acids is 1. The van der Waals surface area contributed by atoms with Crippen LogP contribution in [0.25, 0.3) is 0 Å². The van der Waals surface area contributed by atoms with E-state index in [4.69, 9.17) is 5.11 Å². The lowest BCUT2D eigenvalue weighted by molar-refractivity contribution is 0.0697. The van der Waals surface area contributed by atoms with Crippen LogP contribution in [0.2, 0.25) is 0 Å². The molecule has 0 radical (unpaired) electrons. The van der Waals surface area contributed by atoms with Gasteiger partial charge in [-0.25, -0.2) is 4.79 Å². The van der Waals surface area contributed by atoms with E-state index in [1.165, 1.54) is 12.0 Å². The van der Waals surface area contributed by atoms with Gasteiger partial charge in [0.1, 0.15) is 0 Å². The lowest BCUT2D eigenvalue weighted by atomic mass is 9.98. The van der Waals surface area contributed by atoms with Gasteiger partial charge in [-0.3, -0.25) is 9.88 Å². The van der Waals surface area contributed by atoms with Crippen molar-refractivity contribution in [2.45, 2.75) is 19.4 Å². The zero-order chi connectivity index (χ0) is 15.4. The molecule has 1 aliphatic rings. The Hall–Kier alpha value is -2.20. The van der Waals surface area contributed by atoms with Crippen LogP contribution >= 0.6 is 0 Å². The topological polar surface area (TPSA) is 53.4 Å². The molecule has 4 heteroatoms. The molecule has 1 atom stereocenters. The summed E-state index contributed by atoms with van der Waals surface area (Å²) < 4.78 is 0. The molecule has 1 fully saturated rings. The maximum atomic E-state index is 10.9. The molecule has 3 rings (SSSR count). The fourth-order valence-electron chi connectivity index (χ4n) is 3.06. The summed E-state index contributed by atoms with van der Waals surface area (Å²) in [5.41, 5.74) is 2.69. The number of hydrogen-bond donors (Lipinski definition) is 1. The standard InChI is InChI=1S/C18H20N2O2/c21-18(22)16-6-4-14(5-7-16)11-15-8-10-20(12-15)13-17-3-1-2-9-19-17/h1-7,9,15H,8,10-13H2,(H,21,22)/t15-/m0/s1. The summed E-state index contributed by atoms with van der Waals surface area (Å²) in [6.07, 6.45) is 4.04. The van der Waals surface area contributed by atoms with Crippen molar-refractivity contribution in [1.82, 2.24) is 9.88 Å². The van der Waals surface area contributed by atoms with Crippen molar-refractivity contribution in [3.05, 3.63) is 65.5 Å². The minimum Gasteiger partial charge on any atom is -0.478 e. The first-order valence-electron chi connectivity index (χ1n) is 7.65. The van der Waals surface area contributed by atoms with Crippen LogP contribution in [0.3, 0.4) is 0 Å². The molecule has 2 heterocycles. The first-order valence-corrected chi connectivity index (χ1v) is 7.65. The maximum Gasteiger partial charge on any atom is 0.335 e. The maximum absolute atomic E-state index is 10.9. The average Bonchev–Trinajstić information content (AvgIpc) is 2.96. The number of carbonyl (C=O) groups is 1. The first kappa shape index (κ1) is 14.7. The molecular weight excluding hydrogens is 276 g/mol. The van der Waals surface area contributed by atoms with Gasteiger partial charge in [-0.2, -0.15) is 0 Å². The van der Waals surface area contributed by atoms with E-state index in [-0.39, 0.29) is 0 Å². The Labute approximate surface area is 130 Å². The van der Waals surface area contributed by atoms with Crippen molar-refractivity contribution in [3.8, 4) is 0 Å². The Kier molecular flexibility index (Phi) is 4.49. The summed E-state index contributed by atoms with van der Waals surface area (Å²) in [4.78, 5) is 17.7. The molecule has 4 nitrogen and oxygen atoms in total. The van der Waals surface area contributed by atoms with Crippen molar-refractivity contribution in [1.29, 1.82) is 0 Å². The number of likely N-dealkylation sites (tertiary alicyclic amines) is 1. The van der Waals surface area contributed by atoms with Gasteiger partial charge in [-0.15, -0.1) is 0 Å². The summed E-state index contributed by atoms with van der Waals surface area (Å²) >= 11 is 0. The zero-order valence-electron chi connectivity index (χ0n) is 12.5. The quantitative estimate of drug-likeness (QED) is 0.922. The Morgan fingerprint density at radius 3 is 2.73 bits per heavy atom. The molecule has 0 bridgehead atoms. The third kappa shape index (κ3) is 3.71. The summed E-state index contributed by atoms with van der Waals surface area (Å²) in [5.74, 6) is -0.228. The van der Waals surface area contributed by atoms with E-state index in [9.17, 15) is 4.79 Å². The van der Waals surface area contributed by atoms with Crippen LogP contribution in [0.1, 0.15) is 28.0 Å². The highest BCUT2D eigenvalue weighted by molar-refractivity contribution is 5.87. The lowest BCUT2D eigenvalue weighted by Gasteiger charge is -2.15. The monoisotopic (exact) mass is 296 g/mol. The highest BCUT2D eigenvalue weighted by atomic mass is 16.4. The molecule has 22 heavy (non-hydrogen) atoms. The number of aromatic carboxylic acids is 1. The molecule has 1 aromatic heterocycles. The molecule has 0 amide bonds. The van der Waals surface area contributed by atoms with Gasteiger partial charge in [0.15, 0.2) is 0 Å². The molecule has 0 aliphatic carbocycles. The molecular formula is C18H20N2O2. The van der Waals surface area contributed by atoms with Gasteiger partial charge < -0.3 is 5.11 Å². The van der Waals surface area contributed by atoms with Crippen LogP contribution in [0.15, 0.2) is 48.7 Å². The van der Waals surface area contributed by atoms with E-state index in [1.807, 2.05) is 30.5 Å². The Morgan fingerprint density at radius 1 is 1.23 bits per heavy atom. The number of pyridine rings is 1. The van der Waals surface area contributed by atoms with Gasteiger partial charge in [-0.1, -0.05) is 18.2 Å². The van der Waals surface area contributed by atoms with Crippen LogP contribution in [0, 0.1) is 5.92 Å². The number of nitrogens with zero attached hydrogens (tertiary/aromatic N) is 2. The normalized spacial score (nSPS) is 18.5. The molecule has 1 aliphatic heterocycles. The number of benzene rings is 1. The first-order chi connectivity index (χ1) is 10.7. The molecule has 114 valence electrons. The second kappa shape index (κ2) is 6.71. The molecule has 1 N–H and O–H groups in total. The summed E-state index contributed by atoms with van der Waals surface area (Å²) in [6.45, 7) is 3.10. The Bertz CT molecular complexity index is 625. The van der Waals surface area contributed by atoms with Crippen molar-refractivity contribution in [3.63, 3.8) is 0 Å². The zero-order valence-corrected chi connectivity index (χ0v) is 12.5. The minimum absolute atomic E-state index is 0.354. The predicted molar refractivity (Wildman–Crippen MR) is 84.7 cm³/mol. The van der Waals surface area contributed by atoms with Crippen LogP contribution < -0.4 is 0 Å². The number of carboxylic acid groups (broad SMARTS) is 1.